The molecule has 18 heavy (non-hydrogen) atoms. The summed E-state index contributed by atoms with van der Waals surface area (Å²) in [6.07, 6.45) is 2.63. The second kappa shape index (κ2) is 5.83. The van der Waals surface area contributed by atoms with Crippen LogP contribution in [-0.2, 0) is 9.59 Å². The van der Waals surface area contributed by atoms with Crippen molar-refractivity contribution >= 4 is 12.2 Å². The molecule has 1 amide bonds. The van der Waals surface area contributed by atoms with Crippen molar-refractivity contribution in [1.29, 1.82) is 0 Å². The zero-order chi connectivity index (χ0) is 13.9. The molecule has 1 rings (SSSR count). The fourth-order valence-electron chi connectivity index (χ4n) is 2.40. The number of hydrogen-bond donors (Lipinski definition) is 1. The molecule has 4 nitrogen and oxygen atoms in total. The van der Waals surface area contributed by atoms with Crippen molar-refractivity contribution < 1.29 is 9.59 Å². The third-order valence-corrected chi connectivity index (χ3v) is 3.35. The molecule has 0 spiro atoms. The average Bonchev–Trinajstić information content (AvgIpc) is 2.71. The molecule has 1 fully saturated rings. The Bertz CT molecular complexity index is 307. The van der Waals surface area contributed by atoms with E-state index >= 15 is 0 Å². The summed E-state index contributed by atoms with van der Waals surface area (Å²) in [6, 6.07) is -0.218. The molecule has 0 aromatic carbocycles. The molecule has 1 heterocycles. The van der Waals surface area contributed by atoms with Gasteiger partial charge in [-0.1, -0.05) is 34.6 Å². The van der Waals surface area contributed by atoms with E-state index in [9.17, 15) is 9.59 Å². The molecule has 104 valence electrons. The van der Waals surface area contributed by atoms with E-state index in [2.05, 4.69) is 26.1 Å². The van der Waals surface area contributed by atoms with E-state index in [1.165, 1.54) is 0 Å². The highest BCUT2D eigenvalue weighted by Crippen LogP contribution is 2.25. The zero-order valence-corrected chi connectivity index (χ0v) is 12.2. The predicted octanol–water partition coefficient (Wildman–Crippen LogP) is 1.59. The molecule has 2 atom stereocenters. The quantitative estimate of drug-likeness (QED) is 0.775. The van der Waals surface area contributed by atoms with Crippen LogP contribution in [0.5, 0.6) is 0 Å². The predicted molar refractivity (Wildman–Crippen MR) is 72.3 cm³/mol. The minimum Gasteiger partial charge on any atom is -0.332 e. The summed E-state index contributed by atoms with van der Waals surface area (Å²) < 4.78 is 0. The van der Waals surface area contributed by atoms with Crippen LogP contribution in [0.1, 0.15) is 47.5 Å². The number of rotatable bonds is 4. The van der Waals surface area contributed by atoms with Crippen molar-refractivity contribution in [1.82, 2.24) is 10.2 Å². The minimum absolute atomic E-state index is 0.0609. The molecule has 1 aliphatic rings. The van der Waals surface area contributed by atoms with Crippen molar-refractivity contribution in [3.05, 3.63) is 0 Å². The second-order valence-corrected chi connectivity index (χ2v) is 6.50. The lowest BCUT2D eigenvalue weighted by molar-refractivity contribution is -0.139. The average molecular weight is 254 g/mol. The number of nitrogens with one attached hydrogen (secondary N) is 1. The molecule has 1 saturated heterocycles. The summed E-state index contributed by atoms with van der Waals surface area (Å²) in [4.78, 5) is 25.3. The molecule has 1 aliphatic heterocycles. The fraction of sp³-hybridized carbons (Fsp3) is 0.857. The van der Waals surface area contributed by atoms with Gasteiger partial charge in [0.15, 0.2) is 0 Å². The van der Waals surface area contributed by atoms with Gasteiger partial charge in [-0.2, -0.15) is 0 Å². The van der Waals surface area contributed by atoms with Crippen LogP contribution in [0.15, 0.2) is 0 Å². The Kier molecular flexibility index (Phi) is 4.91. The van der Waals surface area contributed by atoms with Gasteiger partial charge in [0.25, 0.3) is 0 Å². The molecule has 0 aliphatic carbocycles. The first-order valence-corrected chi connectivity index (χ1v) is 6.79. The van der Waals surface area contributed by atoms with Crippen molar-refractivity contribution in [2.75, 3.05) is 6.54 Å². The molecular formula is C14H26N2O2. The maximum Gasteiger partial charge on any atom is 0.240 e. The van der Waals surface area contributed by atoms with Crippen LogP contribution in [0.25, 0.3) is 0 Å². The second-order valence-electron chi connectivity index (χ2n) is 6.50. The van der Waals surface area contributed by atoms with Gasteiger partial charge in [-0.25, -0.2) is 0 Å². The number of hydrogen-bond acceptors (Lipinski definition) is 3. The smallest absolute Gasteiger partial charge is 0.240 e. The zero-order valence-electron chi connectivity index (χ0n) is 12.2. The minimum atomic E-state index is -0.238. The molecule has 0 aromatic heterocycles. The highest BCUT2D eigenvalue weighted by atomic mass is 16.2. The van der Waals surface area contributed by atoms with Crippen LogP contribution >= 0.6 is 0 Å². The number of carbonyl (C=O) groups excluding carboxylic acids is 2. The Morgan fingerprint density at radius 3 is 2.44 bits per heavy atom. The van der Waals surface area contributed by atoms with E-state index in [-0.39, 0.29) is 29.4 Å². The van der Waals surface area contributed by atoms with Crippen LogP contribution in [-0.4, -0.2) is 41.8 Å². The van der Waals surface area contributed by atoms with E-state index in [0.717, 1.165) is 19.1 Å². The van der Waals surface area contributed by atoms with Gasteiger partial charge >= 0.3 is 0 Å². The first-order chi connectivity index (χ1) is 8.27. The van der Waals surface area contributed by atoms with Gasteiger partial charge in [-0.15, -0.1) is 0 Å². The maximum atomic E-state index is 12.6. The van der Waals surface area contributed by atoms with Crippen LogP contribution in [0.2, 0.25) is 0 Å². The summed E-state index contributed by atoms with van der Waals surface area (Å²) in [5, 5.41) is 3.33. The van der Waals surface area contributed by atoms with Crippen LogP contribution in [0.3, 0.4) is 0 Å². The van der Waals surface area contributed by atoms with Gasteiger partial charge in [0.2, 0.25) is 5.91 Å². The van der Waals surface area contributed by atoms with Gasteiger partial charge < -0.3 is 15.0 Å². The number of likely N-dealkylation sites (tertiary alicyclic amines) is 1. The lowest BCUT2D eigenvalue weighted by atomic mass is 9.85. The van der Waals surface area contributed by atoms with E-state index in [1.54, 1.807) is 4.90 Å². The summed E-state index contributed by atoms with van der Waals surface area (Å²) in [7, 11) is 0. The number of amides is 1. The standard InChI is InChI=1S/C14H26N2O2/c1-10(2)15-12(14(3,4)5)13(18)16-8-6-7-11(16)9-17/h9-12,15H,6-8H2,1-5H3. The summed E-state index contributed by atoms with van der Waals surface area (Å²) >= 11 is 0. The SMILES string of the molecule is CC(C)NC(C(=O)N1CCCC1C=O)C(C)(C)C. The van der Waals surface area contributed by atoms with Crippen molar-refractivity contribution in [3.63, 3.8) is 0 Å². The van der Waals surface area contributed by atoms with Gasteiger partial charge in [0, 0.05) is 12.6 Å². The van der Waals surface area contributed by atoms with Gasteiger partial charge in [0.05, 0.1) is 12.1 Å². The molecule has 4 heteroatoms. The summed E-state index contributed by atoms with van der Waals surface area (Å²) in [5.41, 5.74) is -0.155. The lowest BCUT2D eigenvalue weighted by Gasteiger charge is -2.36. The molecule has 0 aromatic rings. The third-order valence-electron chi connectivity index (χ3n) is 3.35. The highest BCUT2D eigenvalue weighted by molar-refractivity contribution is 5.85. The Labute approximate surface area is 110 Å². The van der Waals surface area contributed by atoms with Crippen molar-refractivity contribution in [2.45, 2.75) is 65.6 Å². The van der Waals surface area contributed by atoms with Crippen LogP contribution in [0, 0.1) is 5.41 Å². The summed E-state index contributed by atoms with van der Waals surface area (Å²) in [5.74, 6) is 0.0609. The van der Waals surface area contributed by atoms with Gasteiger partial charge in [-0.05, 0) is 18.3 Å². The van der Waals surface area contributed by atoms with Crippen molar-refractivity contribution in [3.8, 4) is 0 Å². The normalized spacial score (nSPS) is 22.3. The monoisotopic (exact) mass is 254 g/mol. The number of carbonyl (C=O) groups is 2. The lowest BCUT2D eigenvalue weighted by Crippen LogP contribution is -2.56. The Morgan fingerprint density at radius 2 is 2.00 bits per heavy atom. The maximum absolute atomic E-state index is 12.6. The third kappa shape index (κ3) is 3.55. The van der Waals surface area contributed by atoms with Crippen LogP contribution in [0.4, 0.5) is 0 Å². The van der Waals surface area contributed by atoms with E-state index in [0.29, 0.717) is 6.54 Å². The number of nitrogens with zero attached hydrogens (tertiary/aromatic N) is 1. The molecule has 1 N–H and O–H groups in total. The Hall–Kier alpha value is -0.900. The molecular weight excluding hydrogens is 228 g/mol. The van der Waals surface area contributed by atoms with Crippen molar-refractivity contribution in [2.24, 2.45) is 5.41 Å². The molecule has 2 unspecified atom stereocenters. The number of aldehydes is 1. The topological polar surface area (TPSA) is 49.4 Å². The highest BCUT2D eigenvalue weighted by Gasteiger charge is 2.38. The first kappa shape index (κ1) is 15.2. The molecule has 0 bridgehead atoms. The van der Waals surface area contributed by atoms with E-state index in [4.69, 9.17) is 0 Å². The van der Waals surface area contributed by atoms with E-state index in [1.807, 2.05) is 13.8 Å². The molecule has 0 radical (unpaired) electrons. The summed E-state index contributed by atoms with van der Waals surface area (Å²) in [6.45, 7) is 10.9. The Balaban J connectivity index is 2.85. The fourth-order valence-corrected chi connectivity index (χ4v) is 2.40. The first-order valence-electron chi connectivity index (χ1n) is 6.79. The van der Waals surface area contributed by atoms with E-state index < -0.39 is 0 Å². The molecule has 0 saturated carbocycles. The van der Waals surface area contributed by atoms with Crippen LogP contribution < -0.4 is 5.32 Å². The largest absolute Gasteiger partial charge is 0.332 e. The van der Waals surface area contributed by atoms with Gasteiger partial charge in [0.1, 0.15) is 6.29 Å². The van der Waals surface area contributed by atoms with Gasteiger partial charge in [-0.3, -0.25) is 4.79 Å². The Morgan fingerprint density at radius 1 is 1.39 bits per heavy atom.